The van der Waals surface area contributed by atoms with Crippen molar-refractivity contribution >= 4 is 0 Å². The molecule has 2 unspecified atom stereocenters. The Morgan fingerprint density at radius 3 is 2.58 bits per heavy atom. The summed E-state index contributed by atoms with van der Waals surface area (Å²) in [4.78, 5) is 0. The summed E-state index contributed by atoms with van der Waals surface area (Å²) in [6.45, 7) is 14.4. The maximum absolute atomic E-state index is 15.2. The van der Waals surface area contributed by atoms with Crippen molar-refractivity contribution in [2.75, 3.05) is 0 Å². The minimum Gasteiger partial charge on any atom is -0.239 e. The van der Waals surface area contributed by atoms with Gasteiger partial charge in [0.1, 0.15) is 5.67 Å². The molecule has 0 fully saturated rings. The van der Waals surface area contributed by atoms with E-state index < -0.39 is 5.67 Å². The average Bonchev–Trinajstić information content (AvgIpc) is 2.29. The van der Waals surface area contributed by atoms with Crippen LogP contribution in [0.25, 0.3) is 0 Å². The zero-order chi connectivity index (χ0) is 14.6. The smallest absolute Gasteiger partial charge is 0.132 e. The fraction of sp³-hybridized carbons (Fsp3) is 0.778. The van der Waals surface area contributed by atoms with Gasteiger partial charge in [-0.3, -0.25) is 0 Å². The van der Waals surface area contributed by atoms with Crippen molar-refractivity contribution in [2.45, 2.75) is 78.8 Å². The molecule has 0 aromatic carbocycles. The Kier molecular flexibility index (Phi) is 5.82. The number of allylic oxidation sites excluding steroid dienone is 3. The van der Waals surface area contributed by atoms with Gasteiger partial charge in [0.05, 0.1) is 0 Å². The first-order valence-electron chi connectivity index (χ1n) is 7.77. The van der Waals surface area contributed by atoms with Gasteiger partial charge in [0.15, 0.2) is 0 Å². The highest BCUT2D eigenvalue weighted by Gasteiger charge is 2.37. The molecule has 1 aliphatic carbocycles. The maximum Gasteiger partial charge on any atom is 0.132 e. The lowest BCUT2D eigenvalue weighted by Crippen LogP contribution is -2.33. The maximum atomic E-state index is 15.2. The molecule has 1 heteroatoms. The Morgan fingerprint density at radius 1 is 1.37 bits per heavy atom. The Labute approximate surface area is 119 Å². The largest absolute Gasteiger partial charge is 0.239 e. The van der Waals surface area contributed by atoms with Crippen LogP contribution in [0.4, 0.5) is 4.39 Å². The van der Waals surface area contributed by atoms with Gasteiger partial charge in [-0.25, -0.2) is 4.39 Å². The number of alkyl halides is 1. The molecular formula is C18H31F. The summed E-state index contributed by atoms with van der Waals surface area (Å²) in [5.41, 5.74) is 2.28. The van der Waals surface area contributed by atoms with E-state index >= 15 is 4.39 Å². The average molecular weight is 266 g/mol. The van der Waals surface area contributed by atoms with Crippen molar-refractivity contribution in [3.63, 3.8) is 0 Å². The van der Waals surface area contributed by atoms with Gasteiger partial charge in [0.25, 0.3) is 0 Å². The Morgan fingerprint density at radius 2 is 2.00 bits per heavy atom. The highest BCUT2D eigenvalue weighted by atomic mass is 19.1. The second kappa shape index (κ2) is 6.72. The minimum absolute atomic E-state index is 0.106. The quantitative estimate of drug-likeness (QED) is 0.529. The molecule has 0 amide bonds. The van der Waals surface area contributed by atoms with Crippen molar-refractivity contribution in [2.24, 2.45) is 11.8 Å². The fourth-order valence-electron chi connectivity index (χ4n) is 3.27. The van der Waals surface area contributed by atoms with E-state index in [2.05, 4.69) is 27.4 Å². The summed E-state index contributed by atoms with van der Waals surface area (Å²) in [6, 6.07) is 0. The van der Waals surface area contributed by atoms with E-state index in [1.54, 1.807) is 6.92 Å². The molecule has 0 spiro atoms. The summed E-state index contributed by atoms with van der Waals surface area (Å²) >= 11 is 0. The normalized spacial score (nSPS) is 33.1. The molecule has 0 heterocycles. The number of rotatable bonds is 4. The molecule has 1 rings (SSSR count). The molecule has 0 N–H and O–H groups in total. The molecule has 0 aromatic heterocycles. The number of hydrogen-bond donors (Lipinski definition) is 0. The van der Waals surface area contributed by atoms with Crippen LogP contribution in [-0.2, 0) is 0 Å². The van der Waals surface area contributed by atoms with E-state index in [4.69, 9.17) is 0 Å². The highest BCUT2D eigenvalue weighted by Crippen LogP contribution is 2.41. The van der Waals surface area contributed by atoms with Gasteiger partial charge in [0.2, 0.25) is 0 Å². The van der Waals surface area contributed by atoms with E-state index in [0.29, 0.717) is 5.92 Å². The van der Waals surface area contributed by atoms with Crippen molar-refractivity contribution in [3.8, 4) is 0 Å². The van der Waals surface area contributed by atoms with Crippen LogP contribution in [-0.4, -0.2) is 5.67 Å². The van der Waals surface area contributed by atoms with Gasteiger partial charge in [0, 0.05) is 5.92 Å². The SMILES string of the molecule is C=C(CC(C)C)CC1CCCC/C(C)=C(/C)C1(C)F. The Bertz CT molecular complexity index is 347. The van der Waals surface area contributed by atoms with E-state index in [-0.39, 0.29) is 5.92 Å². The third-order valence-corrected chi connectivity index (χ3v) is 4.73. The molecule has 110 valence electrons. The Balaban J connectivity index is 2.85. The van der Waals surface area contributed by atoms with Crippen LogP contribution < -0.4 is 0 Å². The number of halogens is 1. The van der Waals surface area contributed by atoms with Crippen molar-refractivity contribution in [3.05, 3.63) is 23.3 Å². The van der Waals surface area contributed by atoms with Crippen LogP contribution in [0.15, 0.2) is 23.3 Å². The van der Waals surface area contributed by atoms with Crippen LogP contribution in [0.1, 0.15) is 73.1 Å². The second-order valence-electron chi connectivity index (χ2n) is 6.98. The van der Waals surface area contributed by atoms with Crippen LogP contribution in [0.2, 0.25) is 0 Å². The molecule has 19 heavy (non-hydrogen) atoms. The molecule has 0 aromatic rings. The van der Waals surface area contributed by atoms with Gasteiger partial charge in [-0.15, -0.1) is 0 Å². The van der Waals surface area contributed by atoms with Crippen molar-refractivity contribution in [1.29, 1.82) is 0 Å². The molecule has 0 saturated carbocycles. The topological polar surface area (TPSA) is 0 Å². The lowest BCUT2D eigenvalue weighted by molar-refractivity contribution is 0.127. The molecular weight excluding hydrogens is 235 g/mol. The van der Waals surface area contributed by atoms with Crippen LogP contribution in [0.5, 0.6) is 0 Å². The van der Waals surface area contributed by atoms with Gasteiger partial charge in [-0.1, -0.05) is 38.0 Å². The first-order valence-corrected chi connectivity index (χ1v) is 7.77. The first kappa shape index (κ1) is 16.5. The zero-order valence-corrected chi connectivity index (χ0v) is 13.5. The molecule has 0 aliphatic heterocycles. The summed E-state index contributed by atoms with van der Waals surface area (Å²) in [7, 11) is 0. The second-order valence-corrected chi connectivity index (χ2v) is 6.98. The van der Waals surface area contributed by atoms with E-state index in [1.165, 1.54) is 17.6 Å². The molecule has 0 bridgehead atoms. The van der Waals surface area contributed by atoms with Gasteiger partial charge >= 0.3 is 0 Å². The van der Waals surface area contributed by atoms with Crippen molar-refractivity contribution < 1.29 is 4.39 Å². The third-order valence-electron chi connectivity index (χ3n) is 4.73. The van der Waals surface area contributed by atoms with Gasteiger partial charge in [-0.2, -0.15) is 0 Å². The highest BCUT2D eigenvalue weighted by molar-refractivity contribution is 5.23. The summed E-state index contributed by atoms with van der Waals surface area (Å²) in [5, 5.41) is 0. The summed E-state index contributed by atoms with van der Waals surface area (Å²) in [6.07, 6.45) is 6.26. The van der Waals surface area contributed by atoms with E-state index in [1.807, 2.05) is 6.92 Å². The van der Waals surface area contributed by atoms with E-state index in [9.17, 15) is 0 Å². The monoisotopic (exact) mass is 266 g/mol. The summed E-state index contributed by atoms with van der Waals surface area (Å²) in [5.74, 6) is 0.722. The minimum atomic E-state index is -1.16. The Hall–Kier alpha value is -0.590. The lowest BCUT2D eigenvalue weighted by Gasteiger charge is -2.35. The van der Waals surface area contributed by atoms with Gasteiger partial charge in [-0.05, 0) is 64.4 Å². The molecule has 1 aliphatic rings. The van der Waals surface area contributed by atoms with Crippen LogP contribution in [0.3, 0.4) is 0 Å². The zero-order valence-electron chi connectivity index (χ0n) is 13.5. The molecule has 0 saturated heterocycles. The predicted octanol–water partition coefficient (Wildman–Crippen LogP) is 6.23. The molecule has 2 atom stereocenters. The van der Waals surface area contributed by atoms with Crippen LogP contribution >= 0.6 is 0 Å². The standard InChI is InChI=1S/C18H31F/c1-13(2)11-14(3)12-17-10-8-7-9-15(4)16(5)18(17,6)19/h13,17H,3,7-12H2,1-2,4-6H3/b16-15-. The third kappa shape index (κ3) is 4.47. The van der Waals surface area contributed by atoms with E-state index in [0.717, 1.165) is 37.7 Å². The molecule has 0 radical (unpaired) electrons. The molecule has 0 nitrogen and oxygen atoms in total. The predicted molar refractivity (Wildman–Crippen MR) is 83.1 cm³/mol. The first-order chi connectivity index (χ1) is 8.75. The number of hydrogen-bond acceptors (Lipinski definition) is 0. The summed E-state index contributed by atoms with van der Waals surface area (Å²) < 4.78 is 15.2. The van der Waals surface area contributed by atoms with Crippen molar-refractivity contribution in [1.82, 2.24) is 0 Å². The van der Waals surface area contributed by atoms with Gasteiger partial charge < -0.3 is 0 Å². The van der Waals surface area contributed by atoms with Crippen LogP contribution in [0, 0.1) is 11.8 Å². The lowest BCUT2D eigenvalue weighted by atomic mass is 9.74. The fourth-order valence-corrected chi connectivity index (χ4v) is 3.27.